The molecule has 14 rings (SSSR count). The fraction of sp³-hybridized carbons (Fsp3) is 0.333. The van der Waals surface area contributed by atoms with Crippen LogP contribution in [-0.4, -0.2) is 53.4 Å². The van der Waals surface area contributed by atoms with Crippen LogP contribution in [0.4, 0.5) is 22.7 Å². The quantitative estimate of drug-likeness (QED) is 0.109. The summed E-state index contributed by atoms with van der Waals surface area (Å²) in [4.78, 5) is 22.9. The second kappa shape index (κ2) is 34.3. The van der Waals surface area contributed by atoms with E-state index in [1.807, 2.05) is 119 Å². The lowest BCUT2D eigenvalue weighted by Crippen LogP contribution is -2.44. The van der Waals surface area contributed by atoms with Gasteiger partial charge in [0.05, 0.1) is 56.8 Å². The van der Waals surface area contributed by atoms with Gasteiger partial charge in [0.2, 0.25) is 0 Å². The molecule has 16 heteroatoms. The van der Waals surface area contributed by atoms with E-state index in [2.05, 4.69) is 144 Å². The number of allylic oxidation sites excluding steroid dienone is 23. The number of benzene rings is 4. The number of hydrogen-bond donors (Lipinski definition) is 0. The van der Waals surface area contributed by atoms with Crippen molar-refractivity contribution in [2.24, 2.45) is 0 Å². The summed E-state index contributed by atoms with van der Waals surface area (Å²) in [6, 6.07) is 29.8. The molecular weight excluding hydrogens is 1390 g/mol. The Morgan fingerprint density at radius 1 is 0.438 bits per heavy atom. The molecule has 0 N–H and O–H groups in total. The number of ether oxygens (including phenoxy) is 4. The van der Waals surface area contributed by atoms with Crippen LogP contribution in [0.1, 0.15) is 177 Å². The number of rotatable bonds is 10. The Balaban J connectivity index is 0.000000149. The summed E-state index contributed by atoms with van der Waals surface area (Å²) in [6.07, 6.45) is 41.2. The molecule has 10 aliphatic heterocycles. The zero-order valence-electron chi connectivity index (χ0n) is 66.7. The maximum Gasteiger partial charge on any atom is 0.269 e. The Kier molecular flexibility index (Phi) is 24.5. The van der Waals surface area contributed by atoms with Gasteiger partial charge in [0.25, 0.3) is 22.8 Å². The summed E-state index contributed by atoms with van der Waals surface area (Å²) < 4.78 is 22.9. The first kappa shape index (κ1) is 80.1. The first-order valence-electron chi connectivity index (χ1n) is 38.3. The van der Waals surface area contributed by atoms with Crippen molar-refractivity contribution in [2.75, 3.05) is 73.0 Å². The highest BCUT2D eigenvalue weighted by Crippen LogP contribution is 2.52. The molecule has 0 saturated carbocycles. The van der Waals surface area contributed by atoms with Crippen molar-refractivity contribution in [3.63, 3.8) is 0 Å². The van der Waals surface area contributed by atoms with E-state index in [0.717, 1.165) is 92.8 Å². The highest BCUT2D eigenvalue weighted by molar-refractivity contribution is 5.75. The molecule has 4 aromatic rings. The summed E-state index contributed by atoms with van der Waals surface area (Å²) >= 11 is 0. The maximum atomic E-state index is 9.28. The van der Waals surface area contributed by atoms with Crippen molar-refractivity contribution in [3.8, 4) is 24.3 Å². The smallest absolute Gasteiger partial charge is 0.269 e. The molecule has 0 atom stereocenters. The maximum absolute atomic E-state index is 9.28. The monoisotopic (exact) mass is 1480 g/mol. The molecule has 0 fully saturated rings. The van der Waals surface area contributed by atoms with Crippen LogP contribution in [0, 0.1) is 71.6 Å². The normalized spacial score (nSPS) is 20.4. The highest BCUT2D eigenvalue weighted by Gasteiger charge is 2.42. The van der Waals surface area contributed by atoms with Crippen LogP contribution in [0.5, 0.6) is 0 Å². The van der Waals surface area contributed by atoms with Gasteiger partial charge in [-0.3, -0.25) is 0 Å². The predicted octanol–water partition coefficient (Wildman–Crippen LogP) is 22.0. The van der Waals surface area contributed by atoms with E-state index < -0.39 is 0 Å². The molecule has 0 amide bonds. The minimum atomic E-state index is 0.0563. The fourth-order valence-electron chi connectivity index (χ4n) is 15.6. The number of hydrogen-bond acceptors (Lipinski definition) is 12. The second-order valence-electron chi connectivity index (χ2n) is 32.1. The lowest BCUT2D eigenvalue weighted by atomic mass is 9.69. The van der Waals surface area contributed by atoms with Crippen molar-refractivity contribution in [3.05, 3.63) is 327 Å². The summed E-state index contributed by atoms with van der Waals surface area (Å²) in [6.45, 7) is 59.9. The molecule has 0 aliphatic carbocycles. The zero-order valence-corrected chi connectivity index (χ0v) is 66.7. The van der Waals surface area contributed by atoms with E-state index >= 15 is 0 Å². The van der Waals surface area contributed by atoms with Crippen molar-refractivity contribution >= 4 is 47.1 Å². The van der Waals surface area contributed by atoms with Crippen LogP contribution in [0.3, 0.4) is 0 Å². The Hall–Kier alpha value is -13.0. The van der Waals surface area contributed by atoms with Gasteiger partial charge in [-0.25, -0.2) is 40.4 Å². The first-order chi connectivity index (χ1) is 53.6. The molecule has 0 saturated heterocycles. The van der Waals surface area contributed by atoms with Crippen LogP contribution in [0.25, 0.3) is 43.7 Å². The Bertz CT molecular complexity index is 5200. The first-order valence-corrected chi connectivity index (χ1v) is 38.3. The van der Waals surface area contributed by atoms with E-state index in [9.17, 15) is 10.5 Å². The number of nitriles is 4. The molecule has 0 bridgehead atoms. The zero-order chi connectivity index (χ0) is 80.2. The molecule has 0 spiro atoms. The Morgan fingerprint density at radius 3 is 1.17 bits per heavy atom. The predicted molar refractivity (Wildman–Crippen MR) is 449 cm³/mol. The van der Waals surface area contributed by atoms with Gasteiger partial charge in [-0.2, -0.15) is 0 Å². The molecule has 16 nitrogen and oxygen atoms in total. The van der Waals surface area contributed by atoms with Gasteiger partial charge in [0.1, 0.15) is 40.3 Å². The highest BCUT2D eigenvalue weighted by atomic mass is 16.5. The SMILES string of the molecule is [C-]#[N+]/C(C#N)=C1/C=C(C)OC(/C=C/c2cc3c4c(c2)C(C)(C)CCN4CCC3(C)C)=C1.[C-]#[N+]/C(C#N)=C1/C=C(C)OC(/C=C/c2cc3c4c(c2)CCCN4CCC3)=C1.[C-]#[N+]/C(C#N)=C1/C=COC(/C=C/c2ccc(N(C)C)cc2)=C1.[C-]#[N+]/C(C#N)=C1C=C(/C=C/c2cc3c4c(c2)C(C)(C)CCN4CCC3(C)C)OC(CC)=C\1. The average Bonchev–Trinajstić information content (AvgIpc) is 0.729. The minimum Gasteiger partial charge on any atom is -0.465 e. The molecule has 0 radical (unpaired) electrons. The third kappa shape index (κ3) is 18.3. The molecule has 564 valence electrons. The lowest BCUT2D eigenvalue weighted by molar-refractivity contribution is 0.304. The van der Waals surface area contributed by atoms with E-state index in [-0.39, 0.29) is 44.4 Å². The summed E-state index contributed by atoms with van der Waals surface area (Å²) in [5.41, 5.74) is 21.9. The van der Waals surface area contributed by atoms with Gasteiger partial charge < -0.3 is 38.5 Å². The molecule has 112 heavy (non-hydrogen) atoms. The Labute approximate surface area is 662 Å². The van der Waals surface area contributed by atoms with Crippen LogP contribution < -0.4 is 19.6 Å². The van der Waals surface area contributed by atoms with Crippen molar-refractivity contribution in [2.45, 2.75) is 156 Å². The topological polar surface area (TPSA) is 162 Å². The summed E-state index contributed by atoms with van der Waals surface area (Å²) in [5, 5.41) is 36.5. The summed E-state index contributed by atoms with van der Waals surface area (Å²) in [5.74, 6) is 4.64. The van der Waals surface area contributed by atoms with Crippen molar-refractivity contribution < 1.29 is 18.9 Å². The Morgan fingerprint density at radius 2 is 0.786 bits per heavy atom. The van der Waals surface area contributed by atoms with Crippen LogP contribution >= 0.6 is 0 Å². The van der Waals surface area contributed by atoms with Gasteiger partial charge in [-0.1, -0.05) is 98.8 Å². The lowest BCUT2D eigenvalue weighted by Gasteiger charge is -2.48. The number of aryl methyl sites for hydroxylation is 2. The van der Waals surface area contributed by atoms with Crippen LogP contribution in [0.15, 0.2) is 225 Å². The number of nitrogens with zero attached hydrogens (tertiary/aromatic N) is 12. The van der Waals surface area contributed by atoms with Gasteiger partial charge in [0, 0.05) is 82.5 Å². The molecule has 10 aliphatic rings. The molecule has 4 aromatic carbocycles. The second-order valence-corrected chi connectivity index (χ2v) is 32.1. The van der Waals surface area contributed by atoms with E-state index in [4.69, 9.17) is 55.8 Å². The van der Waals surface area contributed by atoms with Gasteiger partial charge in [0.15, 0.2) is 0 Å². The van der Waals surface area contributed by atoms with E-state index in [1.165, 1.54) is 88.2 Å². The molecule has 10 heterocycles. The van der Waals surface area contributed by atoms with E-state index in [0.29, 0.717) is 63.3 Å². The third-order valence-electron chi connectivity index (χ3n) is 22.2. The molecule has 0 unspecified atom stereocenters. The van der Waals surface area contributed by atoms with Crippen LogP contribution in [0.2, 0.25) is 0 Å². The van der Waals surface area contributed by atoms with Crippen molar-refractivity contribution in [1.82, 2.24) is 0 Å². The molecular formula is C96H96N12O4. The van der Waals surface area contributed by atoms with Gasteiger partial charge in [-0.05, 0) is 286 Å². The summed E-state index contributed by atoms with van der Waals surface area (Å²) in [7, 11) is 3.99. The fourth-order valence-corrected chi connectivity index (χ4v) is 15.6. The third-order valence-corrected chi connectivity index (χ3v) is 22.2. The largest absolute Gasteiger partial charge is 0.465 e. The number of anilines is 4. The average molecular weight is 1480 g/mol. The molecule has 0 aromatic heterocycles. The van der Waals surface area contributed by atoms with Crippen molar-refractivity contribution in [1.29, 1.82) is 21.0 Å². The standard InChI is InChI=1S/C28H31N3O.C27H29N3O.C23H21N3O.C18H15N3O/c1-7-21-16-20(25(18-29)30-6)17-22(32-21)9-8-19-14-23-26-24(15-19)28(4,5)11-13-31(26)12-10-27(23,2)3;1-18-13-20(24(17-28)29-6)16-21(31-18)8-7-19-14-22-25-23(15-19)27(4,5)10-12-30(25)11-9-26(22,2)3;1-16-11-20(22(15-24)25-2)14-21(27-16)8-7-17-12-18-5-3-9-26-10-4-6-19(13-17)23(18)26;1-20-18(13-19)15-10-11-22-17(12-15)9-6-14-4-7-16(8-5-14)21(2)3/h8-9,14-17H,7,10-13H2,1-5H3;7-8,13-16H,9-12H2,1-5H3;7-8,11-14H,3-6,9-10H2,1H3;4-12H,2-3H3/b9-8+,25-20-;8-7+,24-20-;8-7+,22-20-;9-6+,18-15-. The van der Waals surface area contributed by atoms with Crippen LogP contribution in [-0.2, 0) is 53.4 Å². The van der Waals surface area contributed by atoms with E-state index in [1.54, 1.807) is 48.6 Å². The van der Waals surface area contributed by atoms with Gasteiger partial charge in [-0.15, -0.1) is 0 Å². The minimum absolute atomic E-state index is 0.0563. The van der Waals surface area contributed by atoms with Gasteiger partial charge >= 0.3 is 0 Å².